The first kappa shape index (κ1) is 13.2. The number of fused-ring (bicyclic) bond motifs is 1. The van der Waals surface area contributed by atoms with Crippen molar-refractivity contribution in [3.63, 3.8) is 0 Å². The van der Waals surface area contributed by atoms with E-state index in [1.165, 1.54) is 4.90 Å². The highest BCUT2D eigenvalue weighted by Gasteiger charge is 2.15. The minimum Gasteiger partial charge on any atom is -0.480 e. The van der Waals surface area contributed by atoms with Gasteiger partial charge in [-0.05, 0) is 24.3 Å². The fraction of sp³-hybridized carbons (Fsp3) is 0.125. The lowest BCUT2D eigenvalue weighted by atomic mass is 10.1. The van der Waals surface area contributed by atoms with Gasteiger partial charge in [0.05, 0.1) is 5.39 Å². The van der Waals surface area contributed by atoms with E-state index in [1.54, 1.807) is 56.7 Å². The molecule has 5 heteroatoms. The highest BCUT2D eigenvalue weighted by Crippen LogP contribution is 2.36. The lowest BCUT2D eigenvalue weighted by molar-refractivity contribution is 0.0827. The molecule has 1 aromatic carbocycles. The van der Waals surface area contributed by atoms with Crippen LogP contribution in [0.25, 0.3) is 22.2 Å². The second kappa shape index (κ2) is 4.94. The van der Waals surface area contributed by atoms with Crippen LogP contribution in [0, 0.1) is 0 Å². The summed E-state index contributed by atoms with van der Waals surface area (Å²) in [6, 6.07) is 10.5. The summed E-state index contributed by atoms with van der Waals surface area (Å²) in [4.78, 5) is 17.6. The first-order valence-corrected chi connectivity index (χ1v) is 6.46. The van der Waals surface area contributed by atoms with Crippen molar-refractivity contribution in [3.8, 4) is 17.3 Å². The second-order valence-electron chi connectivity index (χ2n) is 4.91. The molecule has 2 aromatic heterocycles. The van der Waals surface area contributed by atoms with E-state index in [0.29, 0.717) is 22.2 Å². The van der Waals surface area contributed by atoms with Gasteiger partial charge in [0.25, 0.3) is 11.9 Å². The Kier molecular flexibility index (Phi) is 3.10. The van der Waals surface area contributed by atoms with Crippen LogP contribution in [0.15, 0.2) is 47.0 Å². The van der Waals surface area contributed by atoms with E-state index < -0.39 is 0 Å². The highest BCUT2D eigenvalue weighted by atomic mass is 16.5. The van der Waals surface area contributed by atoms with Crippen molar-refractivity contribution in [1.29, 1.82) is 0 Å². The normalized spacial score (nSPS) is 10.8. The molecule has 2 heterocycles. The number of hydrogen-bond acceptors (Lipinski definition) is 4. The number of benzene rings is 1. The number of carbonyl (C=O) groups excluding carboxylic acids is 1. The number of aromatic nitrogens is 1. The lowest BCUT2D eigenvalue weighted by Crippen LogP contribution is -2.21. The molecule has 0 aliphatic carbocycles. The van der Waals surface area contributed by atoms with Crippen molar-refractivity contribution < 1.29 is 14.3 Å². The zero-order chi connectivity index (χ0) is 15.0. The molecule has 3 rings (SSSR count). The Hall–Kier alpha value is -2.82. The summed E-state index contributed by atoms with van der Waals surface area (Å²) in [7, 11) is 3.41. The molecule has 1 N–H and O–H groups in total. The summed E-state index contributed by atoms with van der Waals surface area (Å²) in [5, 5.41) is 10.4. The SMILES string of the molecule is CN(C)C(=O)c1ccc(-c2oc(O)c3cccnc23)cc1. The van der Waals surface area contributed by atoms with Crippen molar-refractivity contribution >= 4 is 16.8 Å². The molecule has 0 spiro atoms. The molecule has 0 radical (unpaired) electrons. The van der Waals surface area contributed by atoms with E-state index in [0.717, 1.165) is 5.56 Å². The summed E-state index contributed by atoms with van der Waals surface area (Å²) in [5.74, 6) is 0.278. The Labute approximate surface area is 121 Å². The summed E-state index contributed by atoms with van der Waals surface area (Å²) in [6.45, 7) is 0. The first-order valence-electron chi connectivity index (χ1n) is 6.46. The Morgan fingerprint density at radius 2 is 1.90 bits per heavy atom. The molecule has 0 bridgehead atoms. The van der Waals surface area contributed by atoms with Crippen LogP contribution in [0.4, 0.5) is 0 Å². The van der Waals surface area contributed by atoms with Crippen LogP contribution in [-0.4, -0.2) is 35.0 Å². The van der Waals surface area contributed by atoms with Gasteiger partial charge in [0.2, 0.25) is 0 Å². The second-order valence-corrected chi connectivity index (χ2v) is 4.91. The number of nitrogens with zero attached hydrogens (tertiary/aromatic N) is 2. The molecular weight excluding hydrogens is 268 g/mol. The van der Waals surface area contributed by atoms with Crippen LogP contribution in [0.1, 0.15) is 10.4 Å². The Morgan fingerprint density at radius 3 is 2.57 bits per heavy atom. The number of pyridine rings is 1. The molecular formula is C16H14N2O3. The molecule has 0 aliphatic rings. The number of furan rings is 1. The van der Waals surface area contributed by atoms with Gasteiger partial charge >= 0.3 is 0 Å². The zero-order valence-electron chi connectivity index (χ0n) is 11.7. The molecule has 0 fully saturated rings. The largest absolute Gasteiger partial charge is 0.480 e. The van der Waals surface area contributed by atoms with E-state index in [4.69, 9.17) is 4.42 Å². The molecule has 1 amide bonds. The average Bonchev–Trinajstić information content (AvgIpc) is 2.84. The van der Waals surface area contributed by atoms with Crippen molar-refractivity contribution in [2.45, 2.75) is 0 Å². The zero-order valence-corrected chi connectivity index (χ0v) is 11.7. The van der Waals surface area contributed by atoms with Gasteiger partial charge in [-0.25, -0.2) is 0 Å². The summed E-state index contributed by atoms with van der Waals surface area (Å²) in [6.07, 6.45) is 1.64. The highest BCUT2D eigenvalue weighted by molar-refractivity contribution is 5.96. The summed E-state index contributed by atoms with van der Waals surface area (Å²) in [5.41, 5.74) is 1.95. The van der Waals surface area contributed by atoms with Crippen LogP contribution in [0.5, 0.6) is 5.95 Å². The van der Waals surface area contributed by atoms with Crippen molar-refractivity contribution in [3.05, 3.63) is 48.2 Å². The molecule has 21 heavy (non-hydrogen) atoms. The fourth-order valence-electron chi connectivity index (χ4n) is 2.18. The number of carbonyl (C=O) groups is 1. The molecule has 0 saturated heterocycles. The Balaban J connectivity index is 2.06. The predicted octanol–water partition coefficient (Wildman–Crippen LogP) is 2.90. The molecule has 0 aliphatic heterocycles. The number of amides is 1. The standard InChI is InChI=1S/C16H14N2O3/c1-18(2)15(19)11-7-5-10(6-8-11)14-13-12(16(20)21-14)4-3-9-17-13/h3-9,20H,1-2H3. The van der Waals surface area contributed by atoms with Crippen molar-refractivity contribution in [1.82, 2.24) is 9.88 Å². The van der Waals surface area contributed by atoms with Gasteiger partial charge in [-0.3, -0.25) is 9.78 Å². The Bertz CT molecular complexity index is 804. The van der Waals surface area contributed by atoms with Gasteiger partial charge in [0.15, 0.2) is 5.76 Å². The van der Waals surface area contributed by atoms with Crippen LogP contribution in [-0.2, 0) is 0 Å². The van der Waals surface area contributed by atoms with Gasteiger partial charge in [0.1, 0.15) is 5.52 Å². The maximum atomic E-state index is 11.9. The number of hydrogen-bond donors (Lipinski definition) is 1. The maximum absolute atomic E-state index is 11.9. The van der Waals surface area contributed by atoms with E-state index in [1.807, 2.05) is 0 Å². The summed E-state index contributed by atoms with van der Waals surface area (Å²) < 4.78 is 5.40. The third-order valence-electron chi connectivity index (χ3n) is 3.25. The minimum atomic E-state index is -0.151. The predicted molar refractivity (Wildman–Crippen MR) is 79.1 cm³/mol. The minimum absolute atomic E-state index is 0.0631. The van der Waals surface area contributed by atoms with Crippen LogP contribution in [0.2, 0.25) is 0 Å². The van der Waals surface area contributed by atoms with Crippen LogP contribution < -0.4 is 0 Å². The third-order valence-corrected chi connectivity index (χ3v) is 3.25. The molecule has 5 nitrogen and oxygen atoms in total. The van der Waals surface area contributed by atoms with Crippen molar-refractivity contribution in [2.75, 3.05) is 14.1 Å². The number of aromatic hydroxyl groups is 1. The average molecular weight is 282 g/mol. The number of rotatable bonds is 2. The van der Waals surface area contributed by atoms with E-state index in [9.17, 15) is 9.90 Å². The fourth-order valence-corrected chi connectivity index (χ4v) is 2.18. The van der Waals surface area contributed by atoms with Gasteiger partial charge in [-0.15, -0.1) is 0 Å². The van der Waals surface area contributed by atoms with Crippen molar-refractivity contribution in [2.24, 2.45) is 0 Å². The monoisotopic (exact) mass is 282 g/mol. The van der Waals surface area contributed by atoms with Crippen LogP contribution in [0.3, 0.4) is 0 Å². The quantitative estimate of drug-likeness (QED) is 0.784. The van der Waals surface area contributed by atoms with E-state index in [-0.39, 0.29) is 11.9 Å². The molecule has 0 atom stereocenters. The molecule has 0 unspecified atom stereocenters. The molecule has 106 valence electrons. The molecule has 3 aromatic rings. The summed E-state index contributed by atoms with van der Waals surface area (Å²) >= 11 is 0. The van der Waals surface area contributed by atoms with Gasteiger partial charge in [0, 0.05) is 31.4 Å². The van der Waals surface area contributed by atoms with Gasteiger partial charge < -0.3 is 14.4 Å². The third kappa shape index (κ3) is 2.23. The smallest absolute Gasteiger partial charge is 0.292 e. The van der Waals surface area contributed by atoms with Gasteiger partial charge in [-0.2, -0.15) is 0 Å². The van der Waals surface area contributed by atoms with Crippen LogP contribution >= 0.6 is 0 Å². The van der Waals surface area contributed by atoms with Gasteiger partial charge in [-0.1, -0.05) is 12.1 Å². The Morgan fingerprint density at radius 1 is 1.19 bits per heavy atom. The maximum Gasteiger partial charge on any atom is 0.292 e. The van der Waals surface area contributed by atoms with E-state index in [2.05, 4.69) is 4.98 Å². The topological polar surface area (TPSA) is 66.6 Å². The van der Waals surface area contributed by atoms with E-state index >= 15 is 0 Å². The molecule has 0 saturated carbocycles. The lowest BCUT2D eigenvalue weighted by Gasteiger charge is -2.10. The first-order chi connectivity index (χ1) is 10.1.